The number of piperazine rings is 1. The molecule has 0 aliphatic carbocycles. The van der Waals surface area contributed by atoms with Crippen molar-refractivity contribution in [2.45, 2.75) is 19.3 Å². The number of methoxy groups -OCH3 is 1. The van der Waals surface area contributed by atoms with Crippen molar-refractivity contribution >= 4 is 34.8 Å². The number of halogens is 3. The number of alkyl halides is 2. The van der Waals surface area contributed by atoms with E-state index in [9.17, 15) is 9.18 Å². The number of ether oxygens (including phenoxy) is 1. The lowest BCUT2D eigenvalue weighted by atomic mass is 10.1. The Bertz CT molecular complexity index is 518. The van der Waals surface area contributed by atoms with Crippen molar-refractivity contribution in [3.63, 3.8) is 0 Å². The molecule has 0 N–H and O–H groups in total. The van der Waals surface area contributed by atoms with Gasteiger partial charge in [-0.3, -0.25) is 4.79 Å². The fourth-order valence-electron chi connectivity index (χ4n) is 2.55. The van der Waals surface area contributed by atoms with Crippen molar-refractivity contribution in [1.82, 2.24) is 4.90 Å². The number of rotatable bonds is 3. The zero-order valence-electron chi connectivity index (χ0n) is 11.9. The van der Waals surface area contributed by atoms with Gasteiger partial charge in [0.05, 0.1) is 18.7 Å². The van der Waals surface area contributed by atoms with Gasteiger partial charge in [0.25, 0.3) is 0 Å². The second kappa shape index (κ2) is 6.71. The van der Waals surface area contributed by atoms with E-state index in [0.717, 1.165) is 5.69 Å². The van der Waals surface area contributed by atoms with E-state index in [1.54, 1.807) is 19.1 Å². The monoisotopic (exact) mass is 334 g/mol. The van der Waals surface area contributed by atoms with Crippen LogP contribution in [0.3, 0.4) is 0 Å². The molecule has 0 spiro atoms. The van der Waals surface area contributed by atoms with Crippen LogP contribution in [0.15, 0.2) is 18.2 Å². The van der Waals surface area contributed by atoms with Crippen molar-refractivity contribution in [2.24, 2.45) is 0 Å². The van der Waals surface area contributed by atoms with Crippen molar-refractivity contribution in [1.29, 1.82) is 0 Å². The van der Waals surface area contributed by atoms with Gasteiger partial charge in [-0.05, 0) is 19.1 Å². The van der Waals surface area contributed by atoms with E-state index in [4.69, 9.17) is 27.9 Å². The van der Waals surface area contributed by atoms with E-state index >= 15 is 0 Å². The van der Waals surface area contributed by atoms with Crippen LogP contribution in [0.4, 0.5) is 10.1 Å². The molecule has 7 heteroatoms. The summed E-state index contributed by atoms with van der Waals surface area (Å²) in [6, 6.07) is 5.02. The van der Waals surface area contributed by atoms with Gasteiger partial charge in [-0.1, -0.05) is 11.6 Å². The lowest BCUT2D eigenvalue weighted by Crippen LogP contribution is -2.58. The zero-order valence-corrected chi connectivity index (χ0v) is 13.4. The molecule has 116 valence electrons. The predicted octanol–water partition coefficient (Wildman–Crippen LogP) is 2.92. The third-order valence-electron chi connectivity index (χ3n) is 3.53. The number of hydrogen-bond donors (Lipinski definition) is 0. The highest BCUT2D eigenvalue weighted by Gasteiger charge is 2.35. The van der Waals surface area contributed by atoms with E-state index in [1.807, 2.05) is 11.0 Å². The Morgan fingerprint density at radius 3 is 2.76 bits per heavy atom. The van der Waals surface area contributed by atoms with Gasteiger partial charge >= 0.3 is 0 Å². The zero-order chi connectivity index (χ0) is 15.6. The first-order chi connectivity index (χ1) is 9.97. The minimum atomic E-state index is -1.39. The minimum Gasteiger partial charge on any atom is -0.495 e. The fraction of sp³-hybridized carbons (Fsp3) is 0.500. The van der Waals surface area contributed by atoms with E-state index in [1.165, 1.54) is 12.0 Å². The van der Waals surface area contributed by atoms with Gasteiger partial charge in [0.15, 0.2) is 6.30 Å². The standard InChI is InChI=1S/C14H17Cl2FN2O2/c1-9-7-18(8-13(17)19(9)14(20)6-15)10-3-4-11(16)12(5-10)21-2/h3-5,9,13H,6-8H2,1-2H3/t9-,13?/m0/s1. The van der Waals surface area contributed by atoms with Crippen LogP contribution >= 0.6 is 23.2 Å². The highest BCUT2D eigenvalue weighted by Crippen LogP contribution is 2.31. The number of amides is 1. The maximum atomic E-state index is 14.3. The molecule has 1 amide bonds. The second-order valence-corrected chi connectivity index (χ2v) is 5.62. The smallest absolute Gasteiger partial charge is 0.240 e. The van der Waals surface area contributed by atoms with E-state index < -0.39 is 6.30 Å². The quantitative estimate of drug-likeness (QED) is 0.629. The first-order valence-electron chi connectivity index (χ1n) is 6.57. The molecule has 2 atom stereocenters. The van der Waals surface area contributed by atoms with E-state index in [-0.39, 0.29) is 24.4 Å². The van der Waals surface area contributed by atoms with Gasteiger partial charge in [-0.25, -0.2) is 4.39 Å². The third kappa shape index (κ3) is 3.35. The molecule has 1 aliphatic heterocycles. The van der Waals surface area contributed by atoms with Crippen molar-refractivity contribution in [2.75, 3.05) is 31.0 Å². The van der Waals surface area contributed by atoms with Gasteiger partial charge in [-0.2, -0.15) is 0 Å². The van der Waals surface area contributed by atoms with Gasteiger partial charge in [-0.15, -0.1) is 11.6 Å². The van der Waals surface area contributed by atoms with Crippen LogP contribution in [0.1, 0.15) is 6.92 Å². The van der Waals surface area contributed by atoms with E-state index in [2.05, 4.69) is 0 Å². The lowest BCUT2D eigenvalue weighted by Gasteiger charge is -2.43. The molecule has 0 saturated carbocycles. The minimum absolute atomic E-state index is 0.0950. The average molecular weight is 335 g/mol. The summed E-state index contributed by atoms with van der Waals surface area (Å²) in [5, 5.41) is 0.502. The number of anilines is 1. The van der Waals surface area contributed by atoms with Crippen LogP contribution in [-0.4, -0.2) is 49.2 Å². The Hall–Kier alpha value is -1.20. The summed E-state index contributed by atoms with van der Waals surface area (Å²) in [6.45, 7) is 2.42. The van der Waals surface area contributed by atoms with Crippen molar-refractivity contribution in [3.8, 4) is 5.75 Å². The number of carbonyl (C=O) groups is 1. The maximum absolute atomic E-state index is 14.3. The number of benzene rings is 1. The highest BCUT2D eigenvalue weighted by molar-refractivity contribution is 6.32. The molecule has 1 saturated heterocycles. The molecule has 4 nitrogen and oxygen atoms in total. The maximum Gasteiger partial charge on any atom is 0.240 e. The lowest BCUT2D eigenvalue weighted by molar-refractivity contribution is -0.138. The molecular weight excluding hydrogens is 318 g/mol. The largest absolute Gasteiger partial charge is 0.495 e. The van der Waals surface area contributed by atoms with Gasteiger partial charge in [0.2, 0.25) is 5.91 Å². The first-order valence-corrected chi connectivity index (χ1v) is 7.48. The van der Waals surface area contributed by atoms with Gasteiger partial charge in [0.1, 0.15) is 11.6 Å². The van der Waals surface area contributed by atoms with Crippen LogP contribution in [-0.2, 0) is 4.79 Å². The van der Waals surface area contributed by atoms with Crippen LogP contribution in [0.2, 0.25) is 5.02 Å². The molecule has 1 aliphatic rings. The fourth-order valence-corrected chi connectivity index (χ4v) is 2.89. The molecule has 1 aromatic rings. The molecule has 1 fully saturated rings. The van der Waals surface area contributed by atoms with Crippen molar-refractivity contribution < 1.29 is 13.9 Å². The SMILES string of the molecule is COc1cc(N2CC(F)N(C(=O)CCl)[C@@H](C)C2)ccc1Cl. The van der Waals surface area contributed by atoms with Crippen molar-refractivity contribution in [3.05, 3.63) is 23.2 Å². The highest BCUT2D eigenvalue weighted by atomic mass is 35.5. The third-order valence-corrected chi connectivity index (χ3v) is 4.08. The molecular formula is C14H17Cl2FN2O2. The topological polar surface area (TPSA) is 32.8 Å². The molecule has 0 bridgehead atoms. The van der Waals surface area contributed by atoms with Crippen LogP contribution < -0.4 is 9.64 Å². The summed E-state index contributed by atoms with van der Waals surface area (Å²) in [6.07, 6.45) is -1.39. The van der Waals surface area contributed by atoms with Crippen LogP contribution in [0, 0.1) is 0 Å². The average Bonchev–Trinajstić information content (AvgIpc) is 2.46. The molecule has 2 rings (SSSR count). The Morgan fingerprint density at radius 2 is 2.19 bits per heavy atom. The Labute approximate surface area is 133 Å². The predicted molar refractivity (Wildman–Crippen MR) is 82.1 cm³/mol. The number of carbonyl (C=O) groups excluding carboxylic acids is 1. The molecule has 0 radical (unpaired) electrons. The van der Waals surface area contributed by atoms with Gasteiger partial charge in [0, 0.05) is 24.3 Å². The molecule has 0 aromatic heterocycles. The summed E-state index contributed by atoms with van der Waals surface area (Å²) >= 11 is 11.5. The molecule has 21 heavy (non-hydrogen) atoms. The van der Waals surface area contributed by atoms with Gasteiger partial charge < -0.3 is 14.5 Å². The molecule has 1 aromatic carbocycles. The summed E-state index contributed by atoms with van der Waals surface area (Å²) in [7, 11) is 1.53. The molecule has 1 unspecified atom stereocenters. The van der Waals surface area contributed by atoms with E-state index in [0.29, 0.717) is 17.3 Å². The number of hydrogen-bond acceptors (Lipinski definition) is 3. The summed E-state index contributed by atoms with van der Waals surface area (Å²) in [5.41, 5.74) is 0.809. The summed E-state index contributed by atoms with van der Waals surface area (Å²) < 4.78 is 19.5. The second-order valence-electron chi connectivity index (χ2n) is 4.94. The summed E-state index contributed by atoms with van der Waals surface area (Å²) in [4.78, 5) is 14.7. The Balaban J connectivity index is 2.19. The van der Waals surface area contributed by atoms with Crippen LogP contribution in [0.25, 0.3) is 0 Å². The number of nitrogens with zero attached hydrogens (tertiary/aromatic N) is 2. The molecule has 1 heterocycles. The van der Waals surface area contributed by atoms with Crippen LogP contribution in [0.5, 0.6) is 5.75 Å². The Morgan fingerprint density at radius 1 is 1.48 bits per heavy atom. The first kappa shape index (κ1) is 16.2. The summed E-state index contributed by atoms with van der Waals surface area (Å²) in [5.74, 6) is -0.0546. The Kier molecular flexibility index (Phi) is 5.17. The normalized spacial score (nSPS) is 22.3.